The van der Waals surface area contributed by atoms with Gasteiger partial charge in [0, 0.05) is 30.6 Å². The van der Waals surface area contributed by atoms with Gasteiger partial charge in [-0.2, -0.15) is 0 Å². The molecule has 1 N–H and O–H groups in total. The van der Waals surface area contributed by atoms with E-state index in [0.29, 0.717) is 17.9 Å². The quantitative estimate of drug-likeness (QED) is 0.875. The third kappa shape index (κ3) is 3.91. The lowest BCUT2D eigenvalue weighted by molar-refractivity contribution is -0.137. The van der Waals surface area contributed by atoms with E-state index in [-0.39, 0.29) is 18.2 Å². The highest BCUT2D eigenvalue weighted by molar-refractivity contribution is 5.94. The molecule has 0 aliphatic heterocycles. The summed E-state index contributed by atoms with van der Waals surface area (Å²) in [5, 5.41) is 12.7. The molecule has 2 aromatic rings. The van der Waals surface area contributed by atoms with Gasteiger partial charge in [0.15, 0.2) is 11.5 Å². The lowest BCUT2D eigenvalue weighted by Crippen LogP contribution is -2.38. The summed E-state index contributed by atoms with van der Waals surface area (Å²) in [6.45, 7) is 3.78. The predicted molar refractivity (Wildman–Crippen MR) is 78.1 cm³/mol. The number of hydrogen-bond acceptors (Lipinski definition) is 5. The summed E-state index contributed by atoms with van der Waals surface area (Å²) in [7, 11) is 0. The molecule has 2 heterocycles. The highest BCUT2D eigenvalue weighted by Crippen LogP contribution is 2.19. The average molecular weight is 303 g/mol. The minimum absolute atomic E-state index is 0.0840. The van der Waals surface area contributed by atoms with Crippen molar-refractivity contribution in [2.45, 2.75) is 13.8 Å². The molecule has 0 aliphatic rings. The Kier molecular flexibility index (Phi) is 4.88. The van der Waals surface area contributed by atoms with E-state index in [2.05, 4.69) is 10.1 Å². The Morgan fingerprint density at radius 2 is 2.18 bits per heavy atom. The minimum Gasteiger partial charge on any atom is -0.480 e. The van der Waals surface area contributed by atoms with Gasteiger partial charge in [-0.25, -0.2) is 0 Å². The molecule has 0 fully saturated rings. The first kappa shape index (κ1) is 15.7. The van der Waals surface area contributed by atoms with E-state index < -0.39 is 11.9 Å². The molecule has 0 radical (unpaired) electrons. The molecule has 0 unspecified atom stereocenters. The number of rotatable bonds is 6. The molecule has 1 amide bonds. The second kappa shape index (κ2) is 6.84. The second-order valence-corrected chi connectivity index (χ2v) is 5.29. The van der Waals surface area contributed by atoms with Crippen molar-refractivity contribution >= 4 is 11.9 Å². The molecule has 2 aromatic heterocycles. The van der Waals surface area contributed by atoms with E-state index in [1.54, 1.807) is 24.5 Å². The van der Waals surface area contributed by atoms with E-state index in [1.165, 1.54) is 11.0 Å². The number of hydrogen-bond donors (Lipinski definition) is 1. The largest absolute Gasteiger partial charge is 0.480 e. The van der Waals surface area contributed by atoms with Crippen molar-refractivity contribution in [3.8, 4) is 11.3 Å². The number of amides is 1. The summed E-state index contributed by atoms with van der Waals surface area (Å²) in [5.41, 5.74) is 0.781. The summed E-state index contributed by atoms with van der Waals surface area (Å²) < 4.78 is 5.15. The predicted octanol–water partition coefficient (Wildman–Crippen LogP) is 1.92. The molecular formula is C15H17N3O4. The highest BCUT2D eigenvalue weighted by Gasteiger charge is 2.23. The Balaban J connectivity index is 2.20. The molecule has 0 spiro atoms. The van der Waals surface area contributed by atoms with E-state index >= 15 is 0 Å². The van der Waals surface area contributed by atoms with Gasteiger partial charge in [-0.15, -0.1) is 0 Å². The van der Waals surface area contributed by atoms with Crippen molar-refractivity contribution in [2.75, 3.05) is 13.1 Å². The van der Waals surface area contributed by atoms with Gasteiger partial charge in [-0.3, -0.25) is 14.6 Å². The van der Waals surface area contributed by atoms with Crippen LogP contribution in [0, 0.1) is 5.92 Å². The fraction of sp³-hybridized carbons (Fsp3) is 0.333. The van der Waals surface area contributed by atoms with Crippen molar-refractivity contribution in [1.82, 2.24) is 15.0 Å². The molecule has 2 rings (SSSR count). The molecule has 0 bridgehead atoms. The molecule has 7 nitrogen and oxygen atoms in total. The fourth-order valence-corrected chi connectivity index (χ4v) is 2.01. The van der Waals surface area contributed by atoms with Crippen LogP contribution in [0.1, 0.15) is 24.3 Å². The zero-order valence-electron chi connectivity index (χ0n) is 12.4. The lowest BCUT2D eigenvalue weighted by Gasteiger charge is -2.21. The van der Waals surface area contributed by atoms with Crippen LogP contribution in [-0.4, -0.2) is 45.1 Å². The molecule has 0 aliphatic carbocycles. The third-order valence-corrected chi connectivity index (χ3v) is 2.87. The summed E-state index contributed by atoms with van der Waals surface area (Å²) in [5.74, 6) is -0.968. The van der Waals surface area contributed by atoms with Gasteiger partial charge in [-0.05, 0) is 18.1 Å². The van der Waals surface area contributed by atoms with E-state index in [1.807, 2.05) is 13.8 Å². The highest BCUT2D eigenvalue weighted by atomic mass is 16.5. The maximum absolute atomic E-state index is 12.4. The molecule has 0 saturated carbocycles. The fourth-order valence-electron chi connectivity index (χ4n) is 2.01. The zero-order chi connectivity index (χ0) is 16.1. The topological polar surface area (TPSA) is 96.5 Å². The lowest BCUT2D eigenvalue weighted by atomic mass is 10.2. The van der Waals surface area contributed by atoms with E-state index in [9.17, 15) is 9.59 Å². The van der Waals surface area contributed by atoms with Gasteiger partial charge in [0.1, 0.15) is 6.54 Å². The first-order valence-electron chi connectivity index (χ1n) is 6.85. The SMILES string of the molecule is CC(C)CN(CC(=O)O)C(=O)c1cc(-c2cccnc2)on1. The molecule has 116 valence electrons. The van der Waals surface area contributed by atoms with Crippen molar-refractivity contribution in [1.29, 1.82) is 0 Å². The Labute approximate surface area is 127 Å². The first-order chi connectivity index (χ1) is 10.5. The molecule has 22 heavy (non-hydrogen) atoms. The van der Waals surface area contributed by atoms with Crippen molar-refractivity contribution in [2.24, 2.45) is 5.92 Å². The number of carboxylic acid groups (broad SMARTS) is 1. The Hall–Kier alpha value is -2.70. The Morgan fingerprint density at radius 1 is 1.41 bits per heavy atom. The van der Waals surface area contributed by atoms with Crippen LogP contribution in [0.15, 0.2) is 35.1 Å². The number of nitrogens with zero attached hydrogens (tertiary/aromatic N) is 3. The second-order valence-electron chi connectivity index (χ2n) is 5.29. The molecule has 0 atom stereocenters. The van der Waals surface area contributed by atoms with Gasteiger partial charge >= 0.3 is 5.97 Å². The Morgan fingerprint density at radius 3 is 2.77 bits per heavy atom. The minimum atomic E-state index is -1.06. The summed E-state index contributed by atoms with van der Waals surface area (Å²) >= 11 is 0. The number of carbonyl (C=O) groups is 2. The molecule has 0 aromatic carbocycles. The normalized spacial score (nSPS) is 10.7. The van der Waals surface area contributed by atoms with Gasteiger partial charge in [-0.1, -0.05) is 19.0 Å². The van der Waals surface area contributed by atoms with Crippen LogP contribution in [0.25, 0.3) is 11.3 Å². The summed E-state index contributed by atoms with van der Waals surface area (Å²) in [6, 6.07) is 5.02. The van der Waals surface area contributed by atoms with Gasteiger partial charge in [0.25, 0.3) is 5.91 Å². The Bertz CT molecular complexity index is 652. The first-order valence-corrected chi connectivity index (χ1v) is 6.85. The maximum Gasteiger partial charge on any atom is 0.323 e. The van der Waals surface area contributed by atoms with Gasteiger partial charge in [0.05, 0.1) is 0 Å². The van der Waals surface area contributed by atoms with Crippen LogP contribution in [0.5, 0.6) is 0 Å². The number of pyridine rings is 1. The van der Waals surface area contributed by atoms with Crippen LogP contribution < -0.4 is 0 Å². The smallest absolute Gasteiger partial charge is 0.323 e. The summed E-state index contributed by atoms with van der Waals surface area (Å²) in [4.78, 5) is 28.5. The summed E-state index contributed by atoms with van der Waals surface area (Å²) in [6.07, 6.45) is 3.22. The number of carbonyl (C=O) groups excluding carboxylic acids is 1. The van der Waals surface area contributed by atoms with Crippen molar-refractivity contribution < 1.29 is 19.2 Å². The van der Waals surface area contributed by atoms with Gasteiger partial charge in [0.2, 0.25) is 0 Å². The number of carboxylic acids is 1. The van der Waals surface area contributed by atoms with E-state index in [4.69, 9.17) is 9.63 Å². The zero-order valence-corrected chi connectivity index (χ0v) is 12.4. The van der Waals surface area contributed by atoms with E-state index in [0.717, 1.165) is 0 Å². The maximum atomic E-state index is 12.4. The number of aromatic nitrogens is 2. The van der Waals surface area contributed by atoms with Crippen LogP contribution in [0.4, 0.5) is 0 Å². The third-order valence-electron chi connectivity index (χ3n) is 2.87. The average Bonchev–Trinajstić information content (AvgIpc) is 2.95. The van der Waals surface area contributed by atoms with Crippen molar-refractivity contribution in [3.05, 3.63) is 36.3 Å². The van der Waals surface area contributed by atoms with Crippen LogP contribution in [-0.2, 0) is 4.79 Å². The van der Waals surface area contributed by atoms with Gasteiger partial charge < -0.3 is 14.5 Å². The molecule has 0 saturated heterocycles. The van der Waals surface area contributed by atoms with Crippen LogP contribution in [0.3, 0.4) is 0 Å². The standard InChI is InChI=1S/C15H17N3O4/c1-10(2)8-18(9-14(19)20)15(21)12-6-13(22-17-12)11-4-3-5-16-7-11/h3-7,10H,8-9H2,1-2H3,(H,19,20). The number of aliphatic carboxylic acids is 1. The monoisotopic (exact) mass is 303 g/mol. The van der Waals surface area contributed by atoms with Crippen LogP contribution in [0.2, 0.25) is 0 Å². The molecular weight excluding hydrogens is 286 g/mol. The molecule has 7 heteroatoms. The van der Waals surface area contributed by atoms with Crippen LogP contribution >= 0.6 is 0 Å². The van der Waals surface area contributed by atoms with Crippen molar-refractivity contribution in [3.63, 3.8) is 0 Å².